The highest BCUT2D eigenvalue weighted by Gasteiger charge is 2.29. The predicted octanol–water partition coefficient (Wildman–Crippen LogP) is -1.57. The number of phenolic OH excluding ortho intramolecular Hbond substituents is 1. The molecule has 0 aliphatic rings. The molecule has 0 amide bonds. The Labute approximate surface area is 109 Å². The molecule has 13 heteroatoms. The number of nitrogens with two attached hydrogens (primary N) is 4. The third-order valence-electron chi connectivity index (χ3n) is 1.87. The molecule has 10 nitrogen and oxygen atoms in total. The molecule has 0 unspecified atom stereocenters. The third-order valence-corrected chi connectivity index (χ3v) is 6.18. The summed E-state index contributed by atoms with van der Waals surface area (Å²) in [4.78, 5) is -0.630. The summed E-state index contributed by atoms with van der Waals surface area (Å²) in [5, 5.41) is 8.73. The third kappa shape index (κ3) is 4.37. The SMILES string of the molecule is NP(N)(=O)NS(=O)(=O)c1ccc(O)cc1P(N)(N)=O. The highest BCUT2D eigenvalue weighted by molar-refractivity contribution is 7.96. The van der Waals surface area contributed by atoms with E-state index in [4.69, 9.17) is 22.0 Å². The van der Waals surface area contributed by atoms with Crippen LogP contribution >= 0.6 is 15.0 Å². The number of phenols is 1. The Balaban J connectivity index is 3.52. The standard InChI is InChI=1S/C6H13N5O5P2S/c7-17(8,13)5-3-4(12)1-2-6(5)19(15,16)11-18(9,10)14/h1-3,12H,(H4,7,8,13)(H5,9,10,11,14). The summed E-state index contributed by atoms with van der Waals surface area (Å²) in [7, 11) is -12.6. The molecular formula is C6H13N5O5P2S. The van der Waals surface area contributed by atoms with Crippen LogP contribution in [0.25, 0.3) is 0 Å². The fourth-order valence-corrected chi connectivity index (χ4v) is 5.26. The Morgan fingerprint density at radius 3 is 2.05 bits per heavy atom. The fraction of sp³-hybridized carbons (Fsp3) is 0. The smallest absolute Gasteiger partial charge is 0.287 e. The molecule has 1 aromatic carbocycles. The van der Waals surface area contributed by atoms with E-state index in [1.807, 2.05) is 0 Å². The highest BCUT2D eigenvalue weighted by Crippen LogP contribution is 2.32. The number of hydrogen-bond acceptors (Lipinski definition) is 5. The van der Waals surface area contributed by atoms with Gasteiger partial charge in [-0.25, -0.2) is 8.42 Å². The molecule has 0 fully saturated rings. The van der Waals surface area contributed by atoms with Crippen LogP contribution in [-0.2, 0) is 19.2 Å². The molecule has 108 valence electrons. The summed E-state index contributed by atoms with van der Waals surface area (Å²) in [5.74, 6) is -0.395. The van der Waals surface area contributed by atoms with Gasteiger partial charge < -0.3 is 5.11 Å². The lowest BCUT2D eigenvalue weighted by molar-refractivity contribution is 0.475. The monoisotopic (exact) mass is 329 g/mol. The first-order valence-corrected chi connectivity index (χ1v) is 9.72. The van der Waals surface area contributed by atoms with Gasteiger partial charge in [0.25, 0.3) is 7.59 Å². The van der Waals surface area contributed by atoms with Crippen LogP contribution in [0.5, 0.6) is 5.75 Å². The van der Waals surface area contributed by atoms with Crippen LogP contribution < -0.4 is 31.8 Å². The van der Waals surface area contributed by atoms with Crippen molar-refractivity contribution in [3.05, 3.63) is 18.2 Å². The Morgan fingerprint density at radius 1 is 1.11 bits per heavy atom. The van der Waals surface area contributed by atoms with E-state index in [-0.39, 0.29) is 0 Å². The summed E-state index contributed by atoms with van der Waals surface area (Å²) >= 11 is 0. The zero-order valence-corrected chi connectivity index (χ0v) is 12.0. The minimum Gasteiger partial charge on any atom is -0.508 e. The number of benzene rings is 1. The van der Waals surface area contributed by atoms with Crippen molar-refractivity contribution in [2.45, 2.75) is 4.90 Å². The van der Waals surface area contributed by atoms with Crippen LogP contribution in [0.2, 0.25) is 0 Å². The van der Waals surface area contributed by atoms with Crippen LogP contribution in [0, 0.1) is 0 Å². The number of rotatable bonds is 4. The Morgan fingerprint density at radius 2 is 1.63 bits per heavy atom. The van der Waals surface area contributed by atoms with Crippen molar-refractivity contribution in [1.82, 2.24) is 4.49 Å². The second-order valence-electron chi connectivity index (χ2n) is 3.67. The molecule has 0 saturated carbocycles. The van der Waals surface area contributed by atoms with Crippen LogP contribution in [-0.4, -0.2) is 13.5 Å². The second-order valence-corrected chi connectivity index (χ2v) is 9.16. The molecule has 1 rings (SSSR count). The van der Waals surface area contributed by atoms with Gasteiger partial charge in [-0.3, -0.25) is 31.1 Å². The van der Waals surface area contributed by atoms with E-state index < -0.39 is 41.0 Å². The Kier molecular flexibility index (Phi) is 4.26. The number of aromatic hydroxyl groups is 1. The van der Waals surface area contributed by atoms with E-state index in [1.54, 1.807) is 0 Å². The van der Waals surface area contributed by atoms with Crippen molar-refractivity contribution in [3.8, 4) is 5.75 Å². The first kappa shape index (κ1) is 16.3. The molecular weight excluding hydrogens is 316 g/mol. The van der Waals surface area contributed by atoms with Crippen LogP contribution in [0.3, 0.4) is 0 Å². The lowest BCUT2D eigenvalue weighted by Crippen LogP contribution is -2.33. The Hall–Kier alpha value is -0.770. The molecule has 19 heavy (non-hydrogen) atoms. The molecule has 0 heterocycles. The summed E-state index contributed by atoms with van der Waals surface area (Å²) in [5.41, 5.74) is 20.2. The molecule has 0 radical (unpaired) electrons. The van der Waals surface area contributed by atoms with Crippen molar-refractivity contribution in [2.24, 2.45) is 22.0 Å². The summed E-state index contributed by atoms with van der Waals surface area (Å²) in [6, 6.07) is 2.70. The molecule has 0 spiro atoms. The van der Waals surface area contributed by atoms with Gasteiger partial charge in [-0.05, 0) is 18.2 Å². The minimum absolute atomic E-state index is 0.395. The van der Waals surface area contributed by atoms with Crippen molar-refractivity contribution < 1.29 is 22.7 Å². The van der Waals surface area contributed by atoms with Gasteiger partial charge in [-0.2, -0.15) is 0 Å². The van der Waals surface area contributed by atoms with Gasteiger partial charge in [-0.15, -0.1) is 4.49 Å². The van der Waals surface area contributed by atoms with Crippen LogP contribution in [0.4, 0.5) is 0 Å². The molecule has 0 saturated heterocycles. The van der Waals surface area contributed by atoms with Crippen molar-refractivity contribution in [3.63, 3.8) is 0 Å². The van der Waals surface area contributed by atoms with Crippen LogP contribution in [0.1, 0.15) is 0 Å². The lowest BCUT2D eigenvalue weighted by Gasteiger charge is -2.15. The Bertz CT molecular complexity index is 692. The van der Waals surface area contributed by atoms with Gasteiger partial charge in [0.05, 0.1) is 10.2 Å². The number of hydrogen-bond donors (Lipinski definition) is 6. The molecule has 0 aromatic heterocycles. The van der Waals surface area contributed by atoms with E-state index in [0.29, 0.717) is 0 Å². The maximum atomic E-state index is 11.9. The number of sulfonamides is 1. The van der Waals surface area contributed by atoms with Gasteiger partial charge in [0.15, 0.2) is 0 Å². The van der Waals surface area contributed by atoms with Gasteiger partial charge in [0, 0.05) is 0 Å². The summed E-state index contributed by atoms with van der Waals surface area (Å²) in [6.07, 6.45) is 0. The number of nitrogens with one attached hydrogen (secondary N) is 1. The normalized spacial score (nSPS) is 13.5. The van der Waals surface area contributed by atoms with Crippen LogP contribution in [0.15, 0.2) is 23.1 Å². The molecule has 0 aliphatic carbocycles. The summed E-state index contributed by atoms with van der Waals surface area (Å²) < 4.78 is 48.0. The summed E-state index contributed by atoms with van der Waals surface area (Å²) in [6.45, 7) is 0. The average molecular weight is 329 g/mol. The van der Waals surface area contributed by atoms with E-state index in [1.165, 1.54) is 4.49 Å². The first-order chi connectivity index (χ1) is 8.33. The zero-order valence-electron chi connectivity index (χ0n) is 9.42. The molecule has 0 aliphatic heterocycles. The van der Waals surface area contributed by atoms with Gasteiger partial charge >= 0.3 is 0 Å². The maximum Gasteiger partial charge on any atom is 0.287 e. The maximum absolute atomic E-state index is 11.9. The van der Waals surface area contributed by atoms with E-state index in [9.17, 15) is 22.7 Å². The first-order valence-electron chi connectivity index (χ1n) is 4.55. The minimum atomic E-state index is -4.45. The van der Waals surface area contributed by atoms with Crippen molar-refractivity contribution in [1.29, 1.82) is 0 Å². The topological polar surface area (TPSA) is 205 Å². The quantitative estimate of drug-likeness (QED) is 0.352. The van der Waals surface area contributed by atoms with Gasteiger partial charge in [0.2, 0.25) is 17.5 Å². The van der Waals surface area contributed by atoms with Gasteiger partial charge in [-0.1, -0.05) is 0 Å². The average Bonchev–Trinajstić information content (AvgIpc) is 2.11. The second kappa shape index (κ2) is 4.97. The van der Waals surface area contributed by atoms with E-state index in [0.717, 1.165) is 18.2 Å². The largest absolute Gasteiger partial charge is 0.508 e. The van der Waals surface area contributed by atoms with Crippen molar-refractivity contribution in [2.75, 3.05) is 0 Å². The zero-order chi connectivity index (χ0) is 15.1. The van der Waals surface area contributed by atoms with E-state index >= 15 is 0 Å². The highest BCUT2D eigenvalue weighted by atomic mass is 32.2. The molecule has 1 aromatic rings. The van der Waals surface area contributed by atoms with Crippen molar-refractivity contribution >= 4 is 30.4 Å². The lowest BCUT2D eigenvalue weighted by atomic mass is 10.3. The fourth-order valence-electron chi connectivity index (χ4n) is 1.24. The predicted molar refractivity (Wildman–Crippen MR) is 70.0 cm³/mol. The molecule has 0 bridgehead atoms. The molecule has 0 atom stereocenters. The van der Waals surface area contributed by atoms with Gasteiger partial charge in [0.1, 0.15) is 5.75 Å². The molecule has 10 N–H and O–H groups in total. The van der Waals surface area contributed by atoms with E-state index in [2.05, 4.69) is 0 Å².